The van der Waals surface area contributed by atoms with E-state index in [9.17, 15) is 22.8 Å². The summed E-state index contributed by atoms with van der Waals surface area (Å²) < 4.78 is 45.9. The molecule has 1 saturated heterocycles. The van der Waals surface area contributed by atoms with Crippen LogP contribution in [0.5, 0.6) is 0 Å². The van der Waals surface area contributed by atoms with Crippen molar-refractivity contribution in [1.82, 2.24) is 30.0 Å². The van der Waals surface area contributed by atoms with Gasteiger partial charge in [0.1, 0.15) is 17.6 Å². The van der Waals surface area contributed by atoms with E-state index in [0.717, 1.165) is 44.4 Å². The van der Waals surface area contributed by atoms with Crippen LogP contribution in [0.15, 0.2) is 39.9 Å². The largest absolute Gasteiger partial charge is 0.416 e. The number of amides is 1. The van der Waals surface area contributed by atoms with Gasteiger partial charge in [0.05, 0.1) is 11.5 Å². The van der Waals surface area contributed by atoms with Crippen molar-refractivity contribution in [1.29, 1.82) is 0 Å². The zero-order valence-corrected chi connectivity index (χ0v) is 20.8. The van der Waals surface area contributed by atoms with Crippen LogP contribution in [0.3, 0.4) is 0 Å². The second-order valence-electron chi connectivity index (χ2n) is 9.49. The van der Waals surface area contributed by atoms with Gasteiger partial charge in [0, 0.05) is 24.7 Å². The molecule has 1 aliphatic carbocycles. The van der Waals surface area contributed by atoms with Crippen LogP contribution in [0.4, 0.5) is 18.3 Å². The number of aromatic nitrogens is 5. The van der Waals surface area contributed by atoms with E-state index in [1.54, 1.807) is 0 Å². The SMILES string of the molecule is O=C(NC1CC1)C1CCCN(c2nc3ncn(Cc4nc(-c5cccc(C(F)(F)F)c5)no4)c(=O)c3s2)C1. The third-order valence-electron chi connectivity index (χ3n) is 6.58. The molecule has 1 aromatic carbocycles. The van der Waals surface area contributed by atoms with E-state index >= 15 is 0 Å². The first-order valence-corrected chi connectivity index (χ1v) is 13.0. The quantitative estimate of drug-likeness (QED) is 0.391. The topological polar surface area (TPSA) is 119 Å². The minimum atomic E-state index is -4.50. The Bertz CT molecular complexity index is 1560. The van der Waals surface area contributed by atoms with Crippen molar-refractivity contribution in [3.63, 3.8) is 0 Å². The van der Waals surface area contributed by atoms with E-state index in [1.165, 1.54) is 34.4 Å². The Hall–Kier alpha value is -3.81. The Kier molecular flexibility index (Phi) is 6.13. The molecule has 1 unspecified atom stereocenters. The number of rotatable bonds is 6. The molecule has 1 saturated carbocycles. The van der Waals surface area contributed by atoms with Gasteiger partial charge in [-0.3, -0.25) is 14.2 Å². The fourth-order valence-corrected chi connectivity index (χ4v) is 5.42. The van der Waals surface area contributed by atoms with E-state index in [0.29, 0.717) is 28.1 Å². The van der Waals surface area contributed by atoms with E-state index in [-0.39, 0.29) is 41.2 Å². The maximum absolute atomic E-state index is 13.2. The van der Waals surface area contributed by atoms with Gasteiger partial charge in [-0.15, -0.1) is 0 Å². The van der Waals surface area contributed by atoms with Crippen molar-refractivity contribution in [3.8, 4) is 11.4 Å². The first kappa shape index (κ1) is 24.5. The summed E-state index contributed by atoms with van der Waals surface area (Å²) in [5.41, 5.74) is -0.714. The summed E-state index contributed by atoms with van der Waals surface area (Å²) in [6.07, 6.45) is 0.564. The standard InChI is InChI=1S/C24H22F3N7O3S/c25-24(26,27)15-5-1-3-13(9-15)19-30-17(37-32-19)11-34-12-28-20-18(22(34)36)38-23(31-20)33-8-2-4-14(10-33)21(35)29-16-6-7-16/h1,3,5,9,12,14,16H,2,4,6-8,10-11H2,(H,29,35). The van der Waals surface area contributed by atoms with Gasteiger partial charge in [-0.05, 0) is 37.8 Å². The number of anilines is 1. The molecule has 14 heteroatoms. The lowest BCUT2D eigenvalue weighted by atomic mass is 9.97. The summed E-state index contributed by atoms with van der Waals surface area (Å²) in [5, 5.41) is 7.47. The van der Waals surface area contributed by atoms with Crippen molar-refractivity contribution in [2.45, 2.75) is 44.4 Å². The molecule has 3 aromatic heterocycles. The highest BCUT2D eigenvalue weighted by Crippen LogP contribution is 2.32. The molecule has 1 amide bonds. The van der Waals surface area contributed by atoms with Gasteiger partial charge < -0.3 is 14.7 Å². The number of thiazole rings is 1. The first-order chi connectivity index (χ1) is 18.2. The molecule has 0 radical (unpaired) electrons. The van der Waals surface area contributed by atoms with Gasteiger partial charge in [0.2, 0.25) is 17.6 Å². The van der Waals surface area contributed by atoms with E-state index < -0.39 is 11.7 Å². The Morgan fingerprint density at radius 2 is 2.05 bits per heavy atom. The van der Waals surface area contributed by atoms with Crippen LogP contribution in [0, 0.1) is 5.92 Å². The Morgan fingerprint density at radius 3 is 2.84 bits per heavy atom. The average molecular weight is 546 g/mol. The molecule has 1 N–H and O–H groups in total. The molecule has 4 heterocycles. The number of nitrogens with zero attached hydrogens (tertiary/aromatic N) is 6. The lowest BCUT2D eigenvalue weighted by molar-refractivity contribution is -0.137. The second kappa shape index (κ2) is 9.49. The number of halogens is 3. The van der Waals surface area contributed by atoms with Gasteiger partial charge >= 0.3 is 6.18 Å². The number of benzene rings is 1. The number of nitrogens with one attached hydrogen (secondary N) is 1. The van der Waals surface area contributed by atoms with Crippen LogP contribution in [0.1, 0.15) is 37.1 Å². The van der Waals surface area contributed by atoms with E-state index in [1.807, 2.05) is 4.90 Å². The summed E-state index contributed by atoms with van der Waals surface area (Å²) >= 11 is 1.22. The highest BCUT2D eigenvalue weighted by Gasteiger charge is 2.32. The van der Waals surface area contributed by atoms with Crippen molar-refractivity contribution in [2.24, 2.45) is 5.92 Å². The molecule has 0 bridgehead atoms. The zero-order valence-electron chi connectivity index (χ0n) is 19.9. The lowest BCUT2D eigenvalue weighted by Crippen LogP contribution is -2.43. The number of hydrogen-bond donors (Lipinski definition) is 1. The molecule has 6 rings (SSSR count). The summed E-state index contributed by atoms with van der Waals surface area (Å²) in [5.74, 6) is -0.0167. The van der Waals surface area contributed by atoms with Crippen LogP contribution < -0.4 is 15.8 Å². The number of carbonyl (C=O) groups is 1. The minimum absolute atomic E-state index is 0.0152. The van der Waals surface area contributed by atoms with Gasteiger partial charge in [-0.1, -0.05) is 28.6 Å². The zero-order chi connectivity index (χ0) is 26.4. The minimum Gasteiger partial charge on any atom is -0.353 e. The molecule has 2 fully saturated rings. The molecule has 4 aromatic rings. The number of piperidine rings is 1. The van der Waals surface area contributed by atoms with Crippen LogP contribution in [-0.4, -0.2) is 49.7 Å². The van der Waals surface area contributed by atoms with Crippen LogP contribution >= 0.6 is 11.3 Å². The monoisotopic (exact) mass is 545 g/mol. The molecule has 1 aliphatic heterocycles. The second-order valence-corrected chi connectivity index (χ2v) is 10.5. The van der Waals surface area contributed by atoms with Crippen molar-refractivity contribution in [3.05, 3.63) is 52.4 Å². The highest BCUT2D eigenvalue weighted by molar-refractivity contribution is 7.22. The molecular formula is C24H22F3N7O3S. The van der Waals surface area contributed by atoms with Gasteiger partial charge in [0.25, 0.3) is 5.56 Å². The highest BCUT2D eigenvalue weighted by atomic mass is 32.1. The van der Waals surface area contributed by atoms with Crippen molar-refractivity contribution >= 4 is 32.7 Å². The van der Waals surface area contributed by atoms with Crippen LogP contribution in [0.2, 0.25) is 0 Å². The molecular weight excluding hydrogens is 523 g/mol. The summed E-state index contributed by atoms with van der Waals surface area (Å²) in [6.45, 7) is 1.17. The Balaban J connectivity index is 1.20. The van der Waals surface area contributed by atoms with Crippen molar-refractivity contribution in [2.75, 3.05) is 18.0 Å². The molecule has 2 aliphatic rings. The summed E-state index contributed by atoms with van der Waals surface area (Å²) in [4.78, 5) is 40.7. The van der Waals surface area contributed by atoms with Gasteiger partial charge in [-0.25, -0.2) is 4.98 Å². The molecule has 0 spiro atoms. The molecule has 198 valence electrons. The predicted octanol–water partition coefficient (Wildman–Crippen LogP) is 3.47. The number of carbonyl (C=O) groups excluding carboxylic acids is 1. The van der Waals surface area contributed by atoms with E-state index in [2.05, 4.69) is 25.4 Å². The third-order valence-corrected chi connectivity index (χ3v) is 7.67. The maximum atomic E-state index is 13.2. The normalized spacial score (nSPS) is 18.2. The molecule has 1 atom stereocenters. The third kappa shape index (κ3) is 4.99. The Labute approximate surface area is 217 Å². The summed E-state index contributed by atoms with van der Waals surface area (Å²) in [6, 6.07) is 4.92. The maximum Gasteiger partial charge on any atom is 0.416 e. The fourth-order valence-electron chi connectivity index (χ4n) is 4.41. The van der Waals surface area contributed by atoms with Crippen molar-refractivity contribution < 1.29 is 22.5 Å². The van der Waals surface area contributed by atoms with E-state index in [4.69, 9.17) is 4.52 Å². The number of hydrogen-bond acceptors (Lipinski definition) is 9. The average Bonchev–Trinajstić information content (AvgIpc) is 3.41. The first-order valence-electron chi connectivity index (χ1n) is 12.2. The molecule has 38 heavy (non-hydrogen) atoms. The number of fused-ring (bicyclic) bond motifs is 1. The van der Waals surface area contributed by atoms with Gasteiger partial charge in [-0.2, -0.15) is 23.1 Å². The molecule has 10 nitrogen and oxygen atoms in total. The Morgan fingerprint density at radius 1 is 1.21 bits per heavy atom. The fraction of sp³-hybridized carbons (Fsp3) is 0.417. The van der Waals surface area contributed by atoms with Crippen LogP contribution in [-0.2, 0) is 17.5 Å². The van der Waals surface area contributed by atoms with Crippen LogP contribution in [0.25, 0.3) is 21.7 Å². The number of alkyl halides is 3. The predicted molar refractivity (Wildman–Crippen MR) is 132 cm³/mol. The summed E-state index contributed by atoms with van der Waals surface area (Å²) in [7, 11) is 0. The lowest BCUT2D eigenvalue weighted by Gasteiger charge is -2.31. The smallest absolute Gasteiger partial charge is 0.353 e. The van der Waals surface area contributed by atoms with Gasteiger partial charge in [0.15, 0.2) is 10.8 Å².